The molecule has 0 saturated heterocycles. The first-order chi connectivity index (χ1) is 28.1. The molecule has 2 aromatic heterocycles. The summed E-state index contributed by atoms with van der Waals surface area (Å²) in [5.74, 6) is 0. The fourth-order valence-electron chi connectivity index (χ4n) is 6.27. The fourth-order valence-corrected chi connectivity index (χ4v) is 6.27. The molecule has 0 fully saturated rings. The van der Waals surface area contributed by atoms with Crippen molar-refractivity contribution in [2.45, 2.75) is 81.6 Å². The summed E-state index contributed by atoms with van der Waals surface area (Å²) in [7, 11) is 21.6. The Bertz CT molecular complexity index is 1850. The molecule has 6 aromatic rings. The van der Waals surface area contributed by atoms with E-state index < -0.39 is 9.39 Å². The van der Waals surface area contributed by atoms with Crippen LogP contribution in [0.15, 0.2) is 109 Å². The number of hydrogen-bond donors (Lipinski definition) is 0. The molecule has 0 saturated carbocycles. The minimum absolute atomic E-state index is 0.586. The van der Waals surface area contributed by atoms with E-state index >= 15 is 0 Å². The van der Waals surface area contributed by atoms with E-state index in [4.69, 9.17) is 71.4 Å². The number of aryl methyl sites for hydroxylation is 8. The molecule has 4 aromatic carbocycles. The van der Waals surface area contributed by atoms with Crippen LogP contribution in [0.4, 0.5) is 22.7 Å². The van der Waals surface area contributed by atoms with E-state index in [2.05, 4.69) is 154 Å². The molecule has 0 aliphatic rings. The van der Waals surface area contributed by atoms with E-state index in [1.807, 2.05) is 36.4 Å². The normalized spacial score (nSPS) is 10.7. The van der Waals surface area contributed by atoms with Crippen molar-refractivity contribution in [2.75, 3.05) is 0 Å². The second kappa shape index (κ2) is 25.6. The molecular weight excluding hydrogens is 918 g/mol. The topological polar surface area (TPSA) is 82.2 Å². The Morgan fingerprint density at radius 3 is 0.678 bits per heavy atom. The molecule has 0 spiro atoms. The number of halogens is 5. The second-order valence-electron chi connectivity index (χ2n) is 13.8. The number of hydrogen-bond acceptors (Lipinski definition) is 2. The molecule has 0 N–H and O–H groups in total. The summed E-state index contributed by atoms with van der Waals surface area (Å²) < 4.78 is 0. The van der Waals surface area contributed by atoms with E-state index in [1.54, 1.807) is 0 Å². The summed E-state index contributed by atoms with van der Waals surface area (Å²) in [4.78, 5) is 9.47. The van der Waals surface area contributed by atoms with E-state index in [-0.39, 0.29) is 0 Å². The van der Waals surface area contributed by atoms with Crippen LogP contribution in [0.1, 0.15) is 67.3 Å². The van der Waals surface area contributed by atoms with Gasteiger partial charge in [0.2, 0.25) is 0 Å². The van der Waals surface area contributed by atoms with Crippen LogP contribution in [0.5, 0.6) is 0 Å². The van der Waals surface area contributed by atoms with Crippen molar-refractivity contribution in [1.82, 2.24) is 9.97 Å². The number of aromatic nitrogens is 2. The Hall–Kier alpha value is -3.11. The van der Waals surface area contributed by atoms with Crippen molar-refractivity contribution in [3.8, 4) is 0 Å². The van der Waals surface area contributed by atoms with Gasteiger partial charge in [-0.2, -0.15) is 0 Å². The van der Waals surface area contributed by atoms with Crippen LogP contribution in [-0.4, -0.2) is 9.97 Å². The predicted molar refractivity (Wildman–Crippen MR) is 248 cm³/mol. The second-order valence-corrected chi connectivity index (χ2v) is 26.5. The minimum atomic E-state index is -2.86. The first-order valence-corrected chi connectivity index (χ1v) is 27.5. The van der Waals surface area contributed by atoms with Gasteiger partial charge < -0.3 is 21.3 Å². The zero-order chi connectivity index (χ0) is 43.5. The van der Waals surface area contributed by atoms with Gasteiger partial charge in [-0.25, -0.2) is 0 Å². The predicted octanol–water partition coefficient (Wildman–Crippen LogP) is 16.9. The van der Waals surface area contributed by atoms with Crippen LogP contribution in [0, 0.1) is 55.4 Å². The molecule has 0 amide bonds. The fraction of sp³-hybridized carbons (Fsp3) is 0.261. The zero-order valence-electron chi connectivity index (χ0n) is 34.6. The van der Waals surface area contributed by atoms with Crippen LogP contribution in [0.2, 0.25) is 0 Å². The van der Waals surface area contributed by atoms with Gasteiger partial charge in [0.1, 0.15) is 0 Å². The number of benzene rings is 4. The van der Waals surface area contributed by atoms with Crippen molar-refractivity contribution in [3.05, 3.63) is 198 Å². The van der Waals surface area contributed by atoms with Crippen molar-refractivity contribution in [3.63, 3.8) is 0 Å². The third-order valence-corrected chi connectivity index (χ3v) is 9.08. The molecule has 0 unspecified atom stereocenters. The van der Waals surface area contributed by atoms with Crippen LogP contribution in [0.25, 0.3) is 21.3 Å². The maximum atomic E-state index is 4.98. The molecule has 313 valence electrons. The molecule has 0 aliphatic heterocycles. The van der Waals surface area contributed by atoms with Gasteiger partial charge in [-0.3, -0.25) is 9.97 Å². The van der Waals surface area contributed by atoms with Gasteiger partial charge in [-0.1, -0.05) is 156 Å². The summed E-state index contributed by atoms with van der Waals surface area (Å²) >= 11 is 2.10. The molecule has 6 rings (SSSR count). The molecule has 0 atom stereocenters. The van der Waals surface area contributed by atoms with E-state index in [0.29, 0.717) is 26.2 Å². The van der Waals surface area contributed by atoms with Crippen LogP contribution in [0.3, 0.4) is 0 Å². The summed E-state index contributed by atoms with van der Waals surface area (Å²) in [6.45, 7) is 19.1. The molecule has 59 heavy (non-hydrogen) atoms. The van der Waals surface area contributed by atoms with Crippen LogP contribution >= 0.6 is 50.2 Å². The van der Waals surface area contributed by atoms with E-state index in [9.17, 15) is 0 Å². The van der Waals surface area contributed by atoms with Crippen molar-refractivity contribution < 1.29 is 24.8 Å². The van der Waals surface area contributed by atoms with E-state index in [0.717, 1.165) is 45.5 Å². The molecule has 13 heteroatoms. The number of pyridine rings is 2. The summed E-state index contributed by atoms with van der Waals surface area (Å²) in [6, 6.07) is 37.2. The first-order valence-electron chi connectivity index (χ1n) is 18.7. The summed E-state index contributed by atoms with van der Waals surface area (Å²) in [6.07, 6.45) is 0. The Kier molecular flexibility index (Phi) is 21.8. The van der Waals surface area contributed by atoms with Gasteiger partial charge in [-0.05, 0) is 79.7 Å². The van der Waals surface area contributed by atoms with Gasteiger partial charge in [0, 0.05) is 22.8 Å². The summed E-state index contributed by atoms with van der Waals surface area (Å²) in [5, 5.41) is 19.1. The van der Waals surface area contributed by atoms with Gasteiger partial charge in [-0.15, -0.1) is 22.7 Å². The Labute approximate surface area is 384 Å². The number of para-hydroxylation sites is 4. The molecule has 0 bridgehead atoms. The van der Waals surface area contributed by atoms with Crippen molar-refractivity contribution in [1.29, 1.82) is 0 Å². The monoisotopic (exact) mass is 965 g/mol. The number of rotatable bonds is 12. The Balaban J connectivity index is 0.000000273. The molecule has 6 nitrogen and oxygen atoms in total. The van der Waals surface area contributed by atoms with Gasteiger partial charge in [0.25, 0.3) is 0 Å². The van der Waals surface area contributed by atoms with Gasteiger partial charge >= 0.3 is 75.0 Å². The van der Waals surface area contributed by atoms with Gasteiger partial charge in [0.05, 0.1) is 0 Å². The number of nitrogens with zero attached hydrogens (tertiary/aromatic N) is 6. The van der Waals surface area contributed by atoms with Crippen LogP contribution < -0.4 is 0 Å². The van der Waals surface area contributed by atoms with Gasteiger partial charge in [0.15, 0.2) is 0 Å². The molecule has 0 aliphatic carbocycles. The molecular formula is C46H50Cl5Cr2N6-2. The third-order valence-electron chi connectivity index (χ3n) is 9.08. The summed E-state index contributed by atoms with van der Waals surface area (Å²) in [5.41, 5.74) is 17.8. The zero-order valence-corrected chi connectivity index (χ0v) is 40.9. The van der Waals surface area contributed by atoms with Crippen LogP contribution in [-0.2, 0) is 50.9 Å². The van der Waals surface area contributed by atoms with E-state index in [1.165, 1.54) is 44.5 Å². The van der Waals surface area contributed by atoms with Crippen molar-refractivity contribution >= 4 is 73.0 Å². The first kappa shape index (κ1) is 50.3. The quantitative estimate of drug-likeness (QED) is 0.122. The molecule has 2 heterocycles. The standard InChI is InChI=1S/2C23H25N3.5ClH.2Cr/c2*1-16-8-5-9-17(2)22(16)24-14-20-12-7-13-21(26-20)15-25-23-18(3)10-6-11-19(23)4;;;;;;;/h2*5-13H,14-15H2,1-4H3;5*1H;;/q2*-2;;;;;;+3;+4/p-5. The third kappa shape index (κ3) is 17.8. The maximum absolute atomic E-state index is 4.98. The average Bonchev–Trinajstić information content (AvgIpc) is 3.18. The SMILES string of the molecule is Cc1cccc(C)c1[N-]Cc1cccc(C[N-]c2c(C)cccc2C)n1.Cc1cccc(C)c1[N-]Cc1cccc(C[N-]c2c(C)cccc2C)n1.[Cl][Cr+2].[Cl][Cr]([Cl])([Cl])[Cl]. The van der Waals surface area contributed by atoms with Crippen molar-refractivity contribution in [2.24, 2.45) is 0 Å². The average molecular weight is 968 g/mol. The molecule has 0 radical (unpaired) electrons. The Morgan fingerprint density at radius 1 is 0.356 bits per heavy atom. The Morgan fingerprint density at radius 2 is 0.508 bits per heavy atom.